The standard InChI is InChI=1S/C25H26ClN3O/c26-24-11-9-21(10-12-24)19-28-13-15-29(16-14-28)27-18-23-7-4-8-25(17-23)30-20-22-5-2-1-3-6-22/h1-12,17-18H,13-16,19-20H2/p+1/b27-18-. The Balaban J connectivity index is 1.25. The van der Waals surface area contributed by atoms with Crippen molar-refractivity contribution in [2.24, 2.45) is 5.10 Å². The zero-order valence-electron chi connectivity index (χ0n) is 17.0. The van der Waals surface area contributed by atoms with E-state index in [1.165, 1.54) is 5.56 Å². The maximum absolute atomic E-state index is 5.98. The molecule has 4 nitrogen and oxygen atoms in total. The molecule has 1 saturated heterocycles. The molecule has 0 spiro atoms. The SMILES string of the molecule is Clc1ccc(C[NH+]2CCN(/N=C\c3cccc(OCc4ccccc4)c3)CC2)cc1. The second kappa shape index (κ2) is 10.3. The van der Waals surface area contributed by atoms with Gasteiger partial charge in [0.1, 0.15) is 18.9 Å². The topological polar surface area (TPSA) is 29.3 Å². The fraction of sp³-hybridized carbons (Fsp3) is 0.240. The van der Waals surface area contributed by atoms with Crippen molar-refractivity contribution in [1.29, 1.82) is 0 Å². The van der Waals surface area contributed by atoms with Gasteiger partial charge in [-0.3, -0.25) is 5.01 Å². The molecule has 0 atom stereocenters. The summed E-state index contributed by atoms with van der Waals surface area (Å²) >= 11 is 5.98. The number of nitrogens with zero attached hydrogens (tertiary/aromatic N) is 2. The minimum atomic E-state index is 0.569. The monoisotopic (exact) mass is 420 g/mol. The van der Waals surface area contributed by atoms with Gasteiger partial charge >= 0.3 is 0 Å². The Morgan fingerprint density at radius 2 is 1.67 bits per heavy atom. The molecule has 154 valence electrons. The molecule has 1 N–H and O–H groups in total. The van der Waals surface area contributed by atoms with Gasteiger partial charge < -0.3 is 9.64 Å². The molecule has 0 bridgehead atoms. The van der Waals surface area contributed by atoms with Crippen molar-refractivity contribution in [1.82, 2.24) is 5.01 Å². The first-order chi connectivity index (χ1) is 14.7. The molecule has 4 rings (SSSR count). The van der Waals surface area contributed by atoms with Gasteiger partial charge in [0.2, 0.25) is 0 Å². The van der Waals surface area contributed by atoms with E-state index in [2.05, 4.69) is 40.4 Å². The van der Waals surface area contributed by atoms with Gasteiger partial charge in [0.05, 0.1) is 32.4 Å². The largest absolute Gasteiger partial charge is 0.489 e. The van der Waals surface area contributed by atoms with Crippen LogP contribution in [0, 0.1) is 0 Å². The molecule has 1 aliphatic heterocycles. The summed E-state index contributed by atoms with van der Waals surface area (Å²) in [5.41, 5.74) is 3.55. The van der Waals surface area contributed by atoms with E-state index in [4.69, 9.17) is 16.3 Å². The van der Waals surface area contributed by atoms with E-state index in [0.29, 0.717) is 6.61 Å². The minimum Gasteiger partial charge on any atom is -0.489 e. The number of ether oxygens (including phenoxy) is 1. The third-order valence-electron chi connectivity index (χ3n) is 5.29. The van der Waals surface area contributed by atoms with Crippen LogP contribution in [0.2, 0.25) is 5.02 Å². The number of nitrogens with one attached hydrogen (secondary N) is 1. The number of hydrogen-bond donors (Lipinski definition) is 1. The Morgan fingerprint density at radius 1 is 0.900 bits per heavy atom. The van der Waals surface area contributed by atoms with Crippen LogP contribution in [0.4, 0.5) is 0 Å². The summed E-state index contributed by atoms with van der Waals surface area (Å²) in [7, 11) is 0. The van der Waals surface area contributed by atoms with E-state index in [0.717, 1.165) is 54.6 Å². The van der Waals surface area contributed by atoms with Gasteiger partial charge in [-0.25, -0.2) is 0 Å². The van der Waals surface area contributed by atoms with Crippen LogP contribution < -0.4 is 9.64 Å². The molecule has 0 unspecified atom stereocenters. The van der Waals surface area contributed by atoms with E-state index in [-0.39, 0.29) is 0 Å². The van der Waals surface area contributed by atoms with Crippen molar-refractivity contribution >= 4 is 17.8 Å². The number of hydrogen-bond acceptors (Lipinski definition) is 3. The highest BCUT2D eigenvalue weighted by atomic mass is 35.5. The molecule has 0 amide bonds. The molecule has 5 heteroatoms. The average molecular weight is 421 g/mol. The van der Waals surface area contributed by atoms with E-state index >= 15 is 0 Å². The van der Waals surface area contributed by atoms with Gasteiger partial charge in [0, 0.05) is 10.6 Å². The molecule has 0 saturated carbocycles. The Bertz CT molecular complexity index is 952. The number of benzene rings is 3. The molecule has 0 aliphatic carbocycles. The van der Waals surface area contributed by atoms with E-state index in [1.807, 2.05) is 54.7 Å². The third-order valence-corrected chi connectivity index (χ3v) is 5.54. The van der Waals surface area contributed by atoms with Crippen LogP contribution >= 0.6 is 11.6 Å². The van der Waals surface area contributed by atoms with E-state index in [9.17, 15) is 0 Å². The average Bonchev–Trinajstić information content (AvgIpc) is 2.80. The molecular weight excluding hydrogens is 394 g/mol. The lowest BCUT2D eigenvalue weighted by Crippen LogP contribution is -3.13. The summed E-state index contributed by atoms with van der Waals surface area (Å²) in [5.74, 6) is 0.861. The summed E-state index contributed by atoms with van der Waals surface area (Å²) in [6.07, 6.45) is 1.93. The molecule has 0 radical (unpaired) electrons. The first-order valence-corrected chi connectivity index (χ1v) is 10.8. The number of piperazine rings is 1. The molecular formula is C25H27ClN3O+. The predicted octanol–water partition coefficient (Wildman–Crippen LogP) is 3.65. The molecule has 1 heterocycles. The zero-order chi connectivity index (χ0) is 20.6. The molecule has 1 aliphatic rings. The quantitative estimate of drug-likeness (QED) is 0.591. The Hall–Kier alpha value is -2.82. The van der Waals surface area contributed by atoms with Crippen LogP contribution in [0.1, 0.15) is 16.7 Å². The van der Waals surface area contributed by atoms with Gasteiger partial charge in [0.15, 0.2) is 0 Å². The van der Waals surface area contributed by atoms with Crippen LogP contribution in [0.3, 0.4) is 0 Å². The highest BCUT2D eigenvalue weighted by Gasteiger charge is 2.18. The van der Waals surface area contributed by atoms with Crippen molar-refractivity contribution in [3.05, 3.63) is 101 Å². The first-order valence-electron chi connectivity index (χ1n) is 10.4. The van der Waals surface area contributed by atoms with Crippen molar-refractivity contribution < 1.29 is 9.64 Å². The lowest BCUT2D eigenvalue weighted by atomic mass is 10.2. The zero-order valence-corrected chi connectivity index (χ0v) is 17.8. The maximum Gasteiger partial charge on any atom is 0.120 e. The molecule has 30 heavy (non-hydrogen) atoms. The summed E-state index contributed by atoms with van der Waals surface area (Å²) in [6.45, 7) is 5.70. The second-order valence-electron chi connectivity index (χ2n) is 7.60. The van der Waals surface area contributed by atoms with Gasteiger partial charge in [0.25, 0.3) is 0 Å². The van der Waals surface area contributed by atoms with Crippen molar-refractivity contribution in [3.8, 4) is 5.75 Å². The van der Waals surface area contributed by atoms with Gasteiger partial charge in [-0.2, -0.15) is 5.10 Å². The summed E-state index contributed by atoms with van der Waals surface area (Å²) in [6, 6.07) is 26.5. The first kappa shape index (κ1) is 20.5. The van der Waals surface area contributed by atoms with Gasteiger partial charge in [-0.05, 0) is 35.4 Å². The predicted molar refractivity (Wildman–Crippen MR) is 122 cm³/mol. The fourth-order valence-electron chi connectivity index (χ4n) is 3.57. The number of halogens is 1. The Kier molecular flexibility index (Phi) is 7.01. The van der Waals surface area contributed by atoms with Gasteiger partial charge in [-0.15, -0.1) is 0 Å². The van der Waals surface area contributed by atoms with Crippen LogP contribution in [0.15, 0.2) is 84.0 Å². The normalized spacial score (nSPS) is 14.9. The molecule has 0 aromatic heterocycles. The number of rotatable bonds is 7. The van der Waals surface area contributed by atoms with Crippen LogP contribution in [0.5, 0.6) is 5.75 Å². The minimum absolute atomic E-state index is 0.569. The lowest BCUT2D eigenvalue weighted by Gasteiger charge is -2.30. The third kappa shape index (κ3) is 6.09. The van der Waals surface area contributed by atoms with Crippen LogP contribution in [-0.2, 0) is 13.2 Å². The number of quaternary nitrogens is 1. The summed E-state index contributed by atoms with van der Waals surface area (Å²) in [5, 5.41) is 7.64. The van der Waals surface area contributed by atoms with Gasteiger partial charge in [-0.1, -0.05) is 66.2 Å². The van der Waals surface area contributed by atoms with E-state index < -0.39 is 0 Å². The van der Waals surface area contributed by atoms with Crippen LogP contribution in [-0.4, -0.2) is 37.4 Å². The summed E-state index contributed by atoms with van der Waals surface area (Å²) in [4.78, 5) is 1.58. The second-order valence-corrected chi connectivity index (χ2v) is 8.03. The smallest absolute Gasteiger partial charge is 0.120 e. The highest BCUT2D eigenvalue weighted by molar-refractivity contribution is 6.30. The van der Waals surface area contributed by atoms with E-state index in [1.54, 1.807) is 4.90 Å². The Labute approximate surface area is 183 Å². The molecule has 1 fully saturated rings. The van der Waals surface area contributed by atoms with Crippen molar-refractivity contribution in [2.75, 3.05) is 26.2 Å². The maximum atomic E-state index is 5.98. The Morgan fingerprint density at radius 3 is 2.43 bits per heavy atom. The van der Waals surface area contributed by atoms with Crippen molar-refractivity contribution in [2.45, 2.75) is 13.2 Å². The molecule has 3 aromatic carbocycles. The lowest BCUT2D eigenvalue weighted by molar-refractivity contribution is -0.918. The number of hydrazone groups is 1. The fourth-order valence-corrected chi connectivity index (χ4v) is 3.69. The highest BCUT2D eigenvalue weighted by Crippen LogP contribution is 2.14. The van der Waals surface area contributed by atoms with Crippen LogP contribution in [0.25, 0.3) is 0 Å². The van der Waals surface area contributed by atoms with Crippen molar-refractivity contribution in [3.63, 3.8) is 0 Å². The summed E-state index contributed by atoms with van der Waals surface area (Å²) < 4.78 is 5.92. The molecule has 3 aromatic rings.